The predicted octanol–water partition coefficient (Wildman–Crippen LogP) is 1.37. The molecule has 2 rings (SSSR count). The molecule has 8 heteroatoms. The normalized spacial score (nSPS) is 10.5. The number of carbonyl (C=O) groups is 1. The third-order valence-electron chi connectivity index (χ3n) is 2.35. The van der Waals surface area contributed by atoms with Gasteiger partial charge in [-0.15, -0.1) is 5.10 Å². The summed E-state index contributed by atoms with van der Waals surface area (Å²) in [4.78, 5) is 11.0. The zero-order valence-electron chi connectivity index (χ0n) is 9.81. The minimum absolute atomic E-state index is 0.0353. The second-order valence-corrected chi connectivity index (χ2v) is 5.50. The lowest BCUT2D eigenvalue weighted by molar-refractivity contribution is -0.119. The fraction of sp³-hybridized carbons (Fsp3) is 0.182. The van der Waals surface area contributed by atoms with Crippen LogP contribution in [0.2, 0.25) is 0 Å². The SMILES string of the molecule is NCC(=O)NCc1cn(-c2ccc(Br)cc2Br)nn1. The summed E-state index contributed by atoms with van der Waals surface area (Å²) in [7, 11) is 0. The number of benzene rings is 1. The number of halogens is 2. The van der Waals surface area contributed by atoms with Gasteiger partial charge in [-0.3, -0.25) is 4.79 Å². The van der Waals surface area contributed by atoms with Crippen LogP contribution in [-0.2, 0) is 11.3 Å². The van der Waals surface area contributed by atoms with Crippen molar-refractivity contribution in [3.63, 3.8) is 0 Å². The number of rotatable bonds is 4. The van der Waals surface area contributed by atoms with Crippen LogP contribution in [0, 0.1) is 0 Å². The predicted molar refractivity (Wildman–Crippen MR) is 77.7 cm³/mol. The van der Waals surface area contributed by atoms with E-state index in [1.807, 2.05) is 18.2 Å². The molecule has 1 heterocycles. The van der Waals surface area contributed by atoms with E-state index in [9.17, 15) is 4.79 Å². The van der Waals surface area contributed by atoms with Crippen LogP contribution in [-0.4, -0.2) is 27.4 Å². The van der Waals surface area contributed by atoms with Crippen molar-refractivity contribution in [3.05, 3.63) is 39.0 Å². The van der Waals surface area contributed by atoms with Crippen LogP contribution in [0.4, 0.5) is 0 Å². The highest BCUT2D eigenvalue weighted by atomic mass is 79.9. The van der Waals surface area contributed by atoms with Gasteiger partial charge in [0.2, 0.25) is 5.91 Å². The van der Waals surface area contributed by atoms with Crippen LogP contribution < -0.4 is 11.1 Å². The highest BCUT2D eigenvalue weighted by molar-refractivity contribution is 9.11. The number of aromatic nitrogens is 3. The summed E-state index contributed by atoms with van der Waals surface area (Å²) in [5.41, 5.74) is 6.73. The van der Waals surface area contributed by atoms with Crippen LogP contribution in [0.1, 0.15) is 5.69 Å². The third kappa shape index (κ3) is 3.62. The van der Waals surface area contributed by atoms with Crippen LogP contribution in [0.3, 0.4) is 0 Å². The monoisotopic (exact) mass is 387 g/mol. The number of nitrogens with two attached hydrogens (primary N) is 1. The molecule has 0 saturated carbocycles. The van der Waals surface area contributed by atoms with Gasteiger partial charge in [-0.05, 0) is 34.1 Å². The van der Waals surface area contributed by atoms with Gasteiger partial charge in [0, 0.05) is 8.95 Å². The van der Waals surface area contributed by atoms with E-state index in [1.165, 1.54) is 0 Å². The first-order chi connectivity index (χ1) is 9.10. The van der Waals surface area contributed by atoms with Gasteiger partial charge >= 0.3 is 0 Å². The molecule has 3 N–H and O–H groups in total. The molecule has 100 valence electrons. The average molecular weight is 389 g/mol. The van der Waals surface area contributed by atoms with Gasteiger partial charge in [-0.2, -0.15) is 0 Å². The summed E-state index contributed by atoms with van der Waals surface area (Å²) >= 11 is 6.85. The Balaban J connectivity index is 2.14. The molecule has 0 unspecified atom stereocenters. The molecule has 1 aromatic carbocycles. The maximum Gasteiger partial charge on any atom is 0.234 e. The van der Waals surface area contributed by atoms with Gasteiger partial charge in [0.25, 0.3) is 0 Å². The van der Waals surface area contributed by atoms with Gasteiger partial charge < -0.3 is 11.1 Å². The van der Waals surface area contributed by atoms with Crippen LogP contribution in [0.5, 0.6) is 0 Å². The molecule has 2 aromatic rings. The second-order valence-electron chi connectivity index (χ2n) is 3.73. The molecule has 0 fully saturated rings. The average Bonchev–Trinajstić information content (AvgIpc) is 2.84. The molecule has 19 heavy (non-hydrogen) atoms. The fourth-order valence-corrected chi connectivity index (χ4v) is 2.65. The lowest BCUT2D eigenvalue weighted by Gasteiger charge is -2.03. The standard InChI is InChI=1S/C11H11Br2N5O/c12-7-1-2-10(9(13)3-7)18-6-8(16-17-18)5-15-11(19)4-14/h1-3,6H,4-5,14H2,(H,15,19). The topological polar surface area (TPSA) is 85.8 Å². The molecule has 0 saturated heterocycles. The van der Waals surface area contributed by atoms with Gasteiger partial charge in [0.05, 0.1) is 25.0 Å². The fourth-order valence-electron chi connectivity index (χ4n) is 1.43. The molecule has 0 aliphatic rings. The molecule has 0 spiro atoms. The minimum atomic E-state index is -0.223. The van der Waals surface area contributed by atoms with Crippen molar-refractivity contribution < 1.29 is 4.79 Å². The zero-order valence-corrected chi connectivity index (χ0v) is 13.0. The summed E-state index contributed by atoms with van der Waals surface area (Å²) in [6.45, 7) is 0.274. The van der Waals surface area contributed by atoms with Crippen molar-refractivity contribution in [1.29, 1.82) is 0 Å². The summed E-state index contributed by atoms with van der Waals surface area (Å²) in [5.74, 6) is -0.223. The first kappa shape index (κ1) is 14.2. The van der Waals surface area contributed by atoms with E-state index in [0.717, 1.165) is 14.6 Å². The van der Waals surface area contributed by atoms with E-state index < -0.39 is 0 Å². The largest absolute Gasteiger partial charge is 0.349 e. The first-order valence-corrected chi connectivity index (χ1v) is 7.02. The van der Waals surface area contributed by atoms with Gasteiger partial charge in [0.1, 0.15) is 5.69 Å². The van der Waals surface area contributed by atoms with E-state index in [4.69, 9.17) is 5.73 Å². The molecular weight excluding hydrogens is 378 g/mol. The minimum Gasteiger partial charge on any atom is -0.349 e. The zero-order chi connectivity index (χ0) is 13.8. The Morgan fingerprint density at radius 1 is 1.42 bits per heavy atom. The lowest BCUT2D eigenvalue weighted by atomic mass is 10.3. The Hall–Kier alpha value is -1.25. The van der Waals surface area contributed by atoms with Crippen molar-refractivity contribution in [3.8, 4) is 5.69 Å². The first-order valence-electron chi connectivity index (χ1n) is 5.43. The van der Waals surface area contributed by atoms with Gasteiger partial charge in [-0.25, -0.2) is 4.68 Å². The molecule has 0 aliphatic carbocycles. The maximum absolute atomic E-state index is 11.0. The Labute approximate surface area is 126 Å². The summed E-state index contributed by atoms with van der Waals surface area (Å²) in [5, 5.41) is 10.6. The number of nitrogens with zero attached hydrogens (tertiary/aromatic N) is 3. The van der Waals surface area contributed by atoms with Gasteiger partial charge in [-0.1, -0.05) is 21.1 Å². The van der Waals surface area contributed by atoms with Crippen LogP contribution in [0.15, 0.2) is 33.3 Å². The molecular formula is C11H11Br2N5O. The molecule has 1 aromatic heterocycles. The number of carbonyl (C=O) groups excluding carboxylic acids is 1. The van der Waals surface area contributed by atoms with Crippen molar-refractivity contribution in [2.75, 3.05) is 6.54 Å². The van der Waals surface area contributed by atoms with Crippen molar-refractivity contribution in [1.82, 2.24) is 20.3 Å². The Morgan fingerprint density at radius 2 is 2.21 bits per heavy atom. The quantitative estimate of drug-likeness (QED) is 0.828. The highest BCUT2D eigenvalue weighted by Gasteiger charge is 2.07. The summed E-state index contributed by atoms with van der Waals surface area (Å²) in [6.07, 6.45) is 1.75. The third-order valence-corrected chi connectivity index (χ3v) is 3.48. The van der Waals surface area contributed by atoms with Crippen molar-refractivity contribution in [2.24, 2.45) is 5.73 Å². The van der Waals surface area contributed by atoms with E-state index in [0.29, 0.717) is 12.2 Å². The summed E-state index contributed by atoms with van der Waals surface area (Å²) < 4.78 is 3.50. The molecule has 0 bridgehead atoms. The van der Waals surface area contributed by atoms with E-state index in [-0.39, 0.29) is 12.5 Å². The molecule has 0 radical (unpaired) electrons. The Bertz CT molecular complexity index is 599. The lowest BCUT2D eigenvalue weighted by Crippen LogP contribution is -2.29. The van der Waals surface area contributed by atoms with E-state index in [2.05, 4.69) is 47.5 Å². The Morgan fingerprint density at radius 3 is 2.89 bits per heavy atom. The number of nitrogens with one attached hydrogen (secondary N) is 1. The molecule has 6 nitrogen and oxygen atoms in total. The van der Waals surface area contributed by atoms with Crippen molar-refractivity contribution in [2.45, 2.75) is 6.54 Å². The second kappa shape index (κ2) is 6.27. The summed E-state index contributed by atoms with van der Waals surface area (Å²) in [6, 6.07) is 5.75. The van der Waals surface area contributed by atoms with E-state index in [1.54, 1.807) is 10.9 Å². The number of hydrogen-bond acceptors (Lipinski definition) is 4. The number of amides is 1. The smallest absolute Gasteiger partial charge is 0.234 e. The maximum atomic E-state index is 11.0. The van der Waals surface area contributed by atoms with Crippen LogP contribution in [0.25, 0.3) is 5.69 Å². The highest BCUT2D eigenvalue weighted by Crippen LogP contribution is 2.24. The van der Waals surface area contributed by atoms with Crippen LogP contribution >= 0.6 is 31.9 Å². The Kier molecular flexibility index (Phi) is 4.67. The van der Waals surface area contributed by atoms with E-state index >= 15 is 0 Å². The number of hydrogen-bond donors (Lipinski definition) is 2. The van der Waals surface area contributed by atoms with Crippen molar-refractivity contribution >= 4 is 37.8 Å². The van der Waals surface area contributed by atoms with Gasteiger partial charge in [0.15, 0.2) is 0 Å². The molecule has 0 atom stereocenters. The molecule has 1 amide bonds. The molecule has 0 aliphatic heterocycles.